The van der Waals surface area contributed by atoms with E-state index in [2.05, 4.69) is 96.9 Å². The van der Waals surface area contributed by atoms with Crippen LogP contribution in [0.1, 0.15) is 137 Å². The molecule has 13 heteroatoms. The van der Waals surface area contributed by atoms with E-state index in [-0.39, 0.29) is 50.3 Å². The molecule has 60 heavy (non-hydrogen) atoms. The van der Waals surface area contributed by atoms with Crippen molar-refractivity contribution in [2.75, 3.05) is 19.8 Å². The lowest BCUT2D eigenvalue weighted by Crippen LogP contribution is -2.33. The Morgan fingerprint density at radius 2 is 0.483 bits per heavy atom. The monoisotopic (exact) mass is 867 g/mol. The molecule has 0 aromatic rings. The molecule has 6 heterocycles. The van der Waals surface area contributed by atoms with Crippen LogP contribution in [-0.4, -0.2) is 153 Å². The molecule has 0 aliphatic carbocycles. The average Bonchev–Trinajstić information content (AvgIpc) is 3.98. The lowest BCUT2D eigenvalue weighted by molar-refractivity contribution is -0.0171. The first-order chi connectivity index (χ1) is 28.0. The molecule has 6 aliphatic rings. The Hall–Kier alpha value is -0.520. The van der Waals surface area contributed by atoms with Gasteiger partial charge in [0.05, 0.1) is 87.0 Å². The Labute approximate surface area is 365 Å². The number of aliphatic hydroxyl groups is 7. The van der Waals surface area contributed by atoms with Crippen molar-refractivity contribution in [2.24, 2.45) is 47.3 Å². The van der Waals surface area contributed by atoms with E-state index in [4.69, 9.17) is 54.0 Å². The summed E-state index contributed by atoms with van der Waals surface area (Å²) in [6.07, 6.45) is 1.22. The number of hydrogen-bond acceptors (Lipinski definition) is 13. The van der Waals surface area contributed by atoms with E-state index in [1.54, 1.807) is 13.8 Å². The van der Waals surface area contributed by atoms with Crippen molar-refractivity contribution in [3.8, 4) is 0 Å². The Kier molecular flexibility index (Phi) is 26.6. The number of aliphatic hydroxyl groups excluding tert-OH is 7. The molecule has 0 bridgehead atoms. The molecule has 6 aliphatic heterocycles. The quantitative estimate of drug-likeness (QED) is 0.180. The van der Waals surface area contributed by atoms with E-state index in [9.17, 15) is 10.2 Å². The first-order valence-corrected chi connectivity index (χ1v) is 23.5. The molecule has 6 saturated heterocycles. The summed E-state index contributed by atoms with van der Waals surface area (Å²) in [5.74, 6) is 5.14. The highest BCUT2D eigenvalue weighted by molar-refractivity contribution is 4.89. The summed E-state index contributed by atoms with van der Waals surface area (Å²) in [5, 5.41) is 62.9. The van der Waals surface area contributed by atoms with E-state index in [0.717, 1.165) is 42.9 Å². The highest BCUT2D eigenvalue weighted by Crippen LogP contribution is 2.35. The van der Waals surface area contributed by atoms with Crippen LogP contribution in [0.15, 0.2) is 0 Å². The van der Waals surface area contributed by atoms with Crippen molar-refractivity contribution < 1.29 is 64.2 Å². The van der Waals surface area contributed by atoms with Crippen molar-refractivity contribution in [3.05, 3.63) is 0 Å². The molecule has 0 saturated carbocycles. The van der Waals surface area contributed by atoms with Gasteiger partial charge in [0.2, 0.25) is 0 Å². The number of rotatable bonds is 6. The number of ether oxygens (including phenoxy) is 6. The van der Waals surface area contributed by atoms with E-state index in [1.165, 1.54) is 0 Å². The summed E-state index contributed by atoms with van der Waals surface area (Å²) in [6, 6.07) is 0. The first kappa shape index (κ1) is 57.5. The van der Waals surface area contributed by atoms with Crippen LogP contribution in [-0.2, 0) is 28.4 Å². The van der Waals surface area contributed by atoms with Gasteiger partial charge >= 0.3 is 0 Å². The minimum absolute atomic E-state index is 0.0741. The molecule has 6 unspecified atom stereocenters. The first-order valence-electron chi connectivity index (χ1n) is 23.5. The van der Waals surface area contributed by atoms with Crippen LogP contribution < -0.4 is 0 Å². The van der Waals surface area contributed by atoms with Crippen LogP contribution in [0.3, 0.4) is 0 Å². The van der Waals surface area contributed by atoms with E-state index in [1.807, 2.05) is 6.92 Å². The van der Waals surface area contributed by atoms with Crippen LogP contribution in [0.4, 0.5) is 0 Å². The van der Waals surface area contributed by atoms with Crippen LogP contribution in [0.2, 0.25) is 0 Å². The van der Waals surface area contributed by atoms with Crippen LogP contribution in [0, 0.1) is 47.3 Å². The summed E-state index contributed by atoms with van der Waals surface area (Å²) in [7, 11) is 0. The van der Waals surface area contributed by atoms with Crippen molar-refractivity contribution in [3.63, 3.8) is 0 Å². The van der Waals surface area contributed by atoms with Gasteiger partial charge in [-0.25, -0.2) is 0 Å². The SMILES string of the molecule is CC1[C@@H](CO)O[C@@H](C)[C@H]1C.CC1[C@@H](CO)O[C@@H](C)[C@H]1C.CC[C@H]1O[C@@H](C)[C@@H](C)C1C.CC[C@H]1O[C@@H](C)[C@@H](C)C1C.CC[C@H]1O[C@@H](C)[C@@H](O)C1O.C[C@@H]1O[C@H](CO)C(O)[C@@H]1O. The molecule has 0 amide bonds. The zero-order valence-corrected chi connectivity index (χ0v) is 40.7. The lowest BCUT2D eigenvalue weighted by Gasteiger charge is -2.12. The predicted octanol–water partition coefficient (Wildman–Crippen LogP) is 5.38. The van der Waals surface area contributed by atoms with E-state index < -0.39 is 30.5 Å². The molecule has 0 aromatic carbocycles. The molecule has 6 fully saturated rings. The second-order valence-electron chi connectivity index (χ2n) is 18.9. The van der Waals surface area contributed by atoms with Gasteiger partial charge in [-0.15, -0.1) is 0 Å². The molecule has 7 N–H and O–H groups in total. The second-order valence-corrected chi connectivity index (χ2v) is 18.9. The Morgan fingerprint density at radius 3 is 0.583 bits per heavy atom. The maximum absolute atomic E-state index is 9.25. The maximum Gasteiger partial charge on any atom is 0.111 e. The Morgan fingerprint density at radius 1 is 0.267 bits per heavy atom. The minimum Gasteiger partial charge on any atom is -0.394 e. The molecule has 360 valence electrons. The highest BCUT2D eigenvalue weighted by Gasteiger charge is 2.41. The largest absolute Gasteiger partial charge is 0.394 e. The van der Waals surface area contributed by atoms with Crippen LogP contribution >= 0.6 is 0 Å². The van der Waals surface area contributed by atoms with Gasteiger partial charge in [0.25, 0.3) is 0 Å². The number of hydrogen-bond donors (Lipinski definition) is 7. The molecule has 6 rings (SSSR count). The molecular formula is C47H94O13. The fraction of sp³-hybridized carbons (Fsp3) is 1.00. The summed E-state index contributed by atoms with van der Waals surface area (Å²) in [6.45, 7) is 36.1. The van der Waals surface area contributed by atoms with Gasteiger partial charge in [0.15, 0.2) is 0 Å². The van der Waals surface area contributed by atoms with Gasteiger partial charge < -0.3 is 64.2 Å². The molecule has 0 aromatic heterocycles. The molecule has 0 radical (unpaired) electrons. The van der Waals surface area contributed by atoms with Crippen LogP contribution in [0.25, 0.3) is 0 Å². The van der Waals surface area contributed by atoms with E-state index in [0.29, 0.717) is 60.3 Å². The van der Waals surface area contributed by atoms with Gasteiger partial charge in [0.1, 0.15) is 30.5 Å². The molecule has 24 atom stereocenters. The third-order valence-electron chi connectivity index (χ3n) is 15.1. The van der Waals surface area contributed by atoms with Gasteiger partial charge in [-0.3, -0.25) is 0 Å². The fourth-order valence-electron chi connectivity index (χ4n) is 8.87. The lowest BCUT2D eigenvalue weighted by atomic mass is 9.90. The zero-order chi connectivity index (χ0) is 46.3. The van der Waals surface area contributed by atoms with Gasteiger partial charge in [-0.1, -0.05) is 76.2 Å². The third-order valence-corrected chi connectivity index (χ3v) is 15.1. The van der Waals surface area contributed by atoms with Crippen LogP contribution in [0.5, 0.6) is 0 Å². The summed E-state index contributed by atoms with van der Waals surface area (Å²) >= 11 is 0. The smallest absolute Gasteiger partial charge is 0.111 e. The summed E-state index contributed by atoms with van der Waals surface area (Å²) in [5.41, 5.74) is 0. The summed E-state index contributed by atoms with van der Waals surface area (Å²) < 4.78 is 32.7. The van der Waals surface area contributed by atoms with Gasteiger partial charge in [-0.2, -0.15) is 0 Å². The average molecular weight is 867 g/mol. The predicted molar refractivity (Wildman–Crippen MR) is 235 cm³/mol. The third kappa shape index (κ3) is 15.9. The zero-order valence-electron chi connectivity index (χ0n) is 40.7. The van der Waals surface area contributed by atoms with Gasteiger partial charge in [0, 0.05) is 0 Å². The fourth-order valence-corrected chi connectivity index (χ4v) is 8.87. The molecular weight excluding hydrogens is 773 g/mol. The standard InChI is InChI=1S/2C9H18O.2C8H16O2.C7H14O3.C6H12O4/c2*1-5-9-7(3)6(2)8(4)10-9;2*1-5-6(2)8(4-9)10-7(5)3;1-3-5-7(9)6(8)4(2)10-5;1-3-5(8)6(9)4(2-7)10-3/h2*6-9H,5H2,1-4H3;2*5-9H,4H2,1-3H3;4-9H,3H2,1-2H3;3-9H,2H2,1H3/t2*6-,7?,8-,9+;2*5-,6?,7-,8+;4-,5+,6+,7?;3-,4+,5+,6?/m000000/s1. The highest BCUT2D eigenvalue weighted by atomic mass is 16.6. The maximum atomic E-state index is 9.25. The van der Waals surface area contributed by atoms with Crippen molar-refractivity contribution in [1.29, 1.82) is 0 Å². The molecule has 13 nitrogen and oxygen atoms in total. The topological polar surface area (TPSA) is 197 Å². The summed E-state index contributed by atoms with van der Waals surface area (Å²) in [4.78, 5) is 0. The van der Waals surface area contributed by atoms with E-state index >= 15 is 0 Å². The Bertz CT molecular complexity index is 902. The van der Waals surface area contributed by atoms with Crippen molar-refractivity contribution >= 4 is 0 Å². The molecule has 0 spiro atoms. The second kappa shape index (κ2) is 27.7. The Balaban J connectivity index is 0.000000360. The van der Waals surface area contributed by atoms with Crippen molar-refractivity contribution in [2.45, 2.75) is 235 Å². The normalized spacial score (nSPS) is 48.0. The minimum atomic E-state index is -0.944. The van der Waals surface area contributed by atoms with Gasteiger partial charge in [-0.05, 0) is 108 Å². The van der Waals surface area contributed by atoms with Crippen molar-refractivity contribution in [1.82, 2.24) is 0 Å².